The molecular formula is C12H16O2. The van der Waals surface area contributed by atoms with Crippen molar-refractivity contribution in [3.63, 3.8) is 0 Å². The van der Waals surface area contributed by atoms with Gasteiger partial charge in [0, 0.05) is 18.3 Å². The summed E-state index contributed by atoms with van der Waals surface area (Å²) in [6.45, 7) is 1.85. The molecule has 76 valence electrons. The van der Waals surface area contributed by atoms with Crippen molar-refractivity contribution < 1.29 is 9.59 Å². The highest BCUT2D eigenvalue weighted by Crippen LogP contribution is 2.43. The van der Waals surface area contributed by atoms with Crippen molar-refractivity contribution in [1.29, 1.82) is 0 Å². The highest BCUT2D eigenvalue weighted by atomic mass is 16.1. The molecular weight excluding hydrogens is 176 g/mol. The molecule has 0 radical (unpaired) electrons. The Balaban J connectivity index is 2.14. The van der Waals surface area contributed by atoms with Crippen LogP contribution in [0.2, 0.25) is 0 Å². The van der Waals surface area contributed by atoms with Crippen LogP contribution in [-0.4, -0.2) is 11.6 Å². The van der Waals surface area contributed by atoms with E-state index in [-0.39, 0.29) is 17.6 Å². The minimum atomic E-state index is 0.00574. The van der Waals surface area contributed by atoms with E-state index in [0.29, 0.717) is 11.7 Å². The maximum absolute atomic E-state index is 11.7. The number of hydrogen-bond donors (Lipinski definition) is 0. The lowest BCUT2D eigenvalue weighted by molar-refractivity contribution is -0.138. The Hall–Kier alpha value is -0.920. The molecule has 3 saturated carbocycles. The smallest absolute Gasteiger partial charge is 0.159 e. The summed E-state index contributed by atoms with van der Waals surface area (Å²) >= 11 is 0. The van der Waals surface area contributed by atoms with E-state index in [1.54, 1.807) is 12.2 Å². The fourth-order valence-electron chi connectivity index (χ4n) is 2.87. The van der Waals surface area contributed by atoms with Crippen LogP contribution in [0.15, 0.2) is 12.2 Å². The number of rotatable bonds is 2. The van der Waals surface area contributed by atoms with Gasteiger partial charge in [0.15, 0.2) is 5.78 Å². The van der Waals surface area contributed by atoms with Crippen LogP contribution >= 0.6 is 0 Å². The third-order valence-electron chi connectivity index (χ3n) is 3.56. The molecule has 0 amide bonds. The molecule has 0 N–H and O–H groups in total. The Kier molecular flexibility index (Phi) is 2.53. The minimum Gasteiger partial charge on any atom is -0.299 e. The Labute approximate surface area is 84.4 Å². The molecule has 2 bridgehead atoms. The summed E-state index contributed by atoms with van der Waals surface area (Å²) in [5.74, 6) is 1.03. The van der Waals surface area contributed by atoms with E-state index in [4.69, 9.17) is 0 Å². The molecule has 0 aromatic heterocycles. The van der Waals surface area contributed by atoms with Crippen LogP contribution in [0.1, 0.15) is 32.6 Å². The van der Waals surface area contributed by atoms with Crippen molar-refractivity contribution in [2.45, 2.75) is 32.6 Å². The van der Waals surface area contributed by atoms with Gasteiger partial charge in [0.1, 0.15) is 5.78 Å². The monoisotopic (exact) mass is 192 g/mol. The van der Waals surface area contributed by atoms with Crippen molar-refractivity contribution in [1.82, 2.24) is 0 Å². The molecule has 0 aromatic rings. The second-order valence-electron chi connectivity index (χ2n) is 4.46. The van der Waals surface area contributed by atoms with Crippen LogP contribution < -0.4 is 0 Å². The summed E-state index contributed by atoms with van der Waals surface area (Å²) in [6.07, 6.45) is 7.16. The van der Waals surface area contributed by atoms with Crippen LogP contribution in [0.4, 0.5) is 0 Å². The number of allylic oxidation sites excluding steroid dienone is 2. The maximum Gasteiger partial charge on any atom is 0.159 e. The van der Waals surface area contributed by atoms with Crippen LogP contribution in [0.3, 0.4) is 0 Å². The van der Waals surface area contributed by atoms with Gasteiger partial charge >= 0.3 is 0 Å². The first kappa shape index (κ1) is 9.63. The number of Topliss-reactive ketones (excluding diaryl/α,β-unsaturated/α-hetero) is 1. The van der Waals surface area contributed by atoms with Gasteiger partial charge in [-0.3, -0.25) is 9.59 Å². The Bertz CT molecular complexity index is 291. The molecule has 0 aliphatic heterocycles. The van der Waals surface area contributed by atoms with E-state index < -0.39 is 0 Å². The van der Waals surface area contributed by atoms with Crippen molar-refractivity contribution >= 4 is 11.6 Å². The zero-order valence-corrected chi connectivity index (χ0v) is 8.53. The van der Waals surface area contributed by atoms with Crippen LogP contribution in [0.25, 0.3) is 0 Å². The Morgan fingerprint density at radius 1 is 1.43 bits per heavy atom. The third-order valence-corrected chi connectivity index (χ3v) is 3.56. The summed E-state index contributed by atoms with van der Waals surface area (Å²) in [5.41, 5.74) is 0. The van der Waals surface area contributed by atoms with E-state index in [9.17, 15) is 9.59 Å². The Morgan fingerprint density at radius 2 is 2.21 bits per heavy atom. The van der Waals surface area contributed by atoms with Crippen molar-refractivity contribution in [2.24, 2.45) is 17.8 Å². The molecule has 0 unspecified atom stereocenters. The van der Waals surface area contributed by atoms with E-state index in [1.807, 2.05) is 6.92 Å². The molecule has 3 aliphatic rings. The Morgan fingerprint density at radius 3 is 2.79 bits per heavy atom. The summed E-state index contributed by atoms with van der Waals surface area (Å²) in [6, 6.07) is 0. The lowest BCUT2D eigenvalue weighted by atomic mass is 9.63. The highest BCUT2D eigenvalue weighted by molar-refractivity contribution is 5.97. The molecule has 0 saturated heterocycles. The lowest BCUT2D eigenvalue weighted by Gasteiger charge is -2.39. The fourth-order valence-corrected chi connectivity index (χ4v) is 2.87. The van der Waals surface area contributed by atoms with E-state index >= 15 is 0 Å². The number of carbonyl (C=O) groups excluding carboxylic acids is 2. The topological polar surface area (TPSA) is 34.1 Å². The third kappa shape index (κ3) is 1.54. The van der Waals surface area contributed by atoms with E-state index in [1.165, 1.54) is 0 Å². The first-order chi connectivity index (χ1) is 6.72. The van der Waals surface area contributed by atoms with Gasteiger partial charge in [0.25, 0.3) is 0 Å². The quantitative estimate of drug-likeness (QED) is 0.628. The molecule has 0 aromatic carbocycles. The van der Waals surface area contributed by atoms with Crippen LogP contribution in [0, 0.1) is 17.8 Å². The van der Waals surface area contributed by atoms with Crippen molar-refractivity contribution in [3.8, 4) is 0 Å². The van der Waals surface area contributed by atoms with E-state index in [0.717, 1.165) is 25.7 Å². The van der Waals surface area contributed by atoms with Gasteiger partial charge in [0.2, 0.25) is 0 Å². The maximum atomic E-state index is 11.7. The number of fused-ring (bicyclic) bond motifs is 3. The average Bonchev–Trinajstić information content (AvgIpc) is 2.18. The number of carbonyl (C=O) groups is 2. The fraction of sp³-hybridized carbons (Fsp3) is 0.667. The number of hydrogen-bond acceptors (Lipinski definition) is 2. The average molecular weight is 192 g/mol. The molecule has 2 heteroatoms. The second-order valence-corrected chi connectivity index (χ2v) is 4.46. The highest BCUT2D eigenvalue weighted by Gasteiger charge is 2.43. The molecule has 3 aliphatic carbocycles. The largest absolute Gasteiger partial charge is 0.299 e. The summed E-state index contributed by atoms with van der Waals surface area (Å²) < 4.78 is 0. The normalized spacial score (nSPS) is 36.6. The molecule has 3 fully saturated rings. The molecule has 3 atom stereocenters. The number of ketones is 2. The van der Waals surface area contributed by atoms with Gasteiger partial charge in [0.05, 0.1) is 0 Å². The van der Waals surface area contributed by atoms with Crippen molar-refractivity contribution in [3.05, 3.63) is 12.2 Å². The zero-order valence-electron chi connectivity index (χ0n) is 8.53. The molecule has 14 heavy (non-hydrogen) atoms. The first-order valence-electron chi connectivity index (χ1n) is 5.41. The molecule has 0 spiro atoms. The zero-order chi connectivity index (χ0) is 10.1. The van der Waals surface area contributed by atoms with Gasteiger partial charge in [-0.1, -0.05) is 6.08 Å². The van der Waals surface area contributed by atoms with Gasteiger partial charge in [-0.15, -0.1) is 0 Å². The van der Waals surface area contributed by atoms with E-state index in [2.05, 4.69) is 0 Å². The predicted molar refractivity (Wildman–Crippen MR) is 53.8 cm³/mol. The van der Waals surface area contributed by atoms with Gasteiger partial charge < -0.3 is 0 Å². The summed E-state index contributed by atoms with van der Waals surface area (Å²) in [4.78, 5) is 23.3. The minimum absolute atomic E-state index is 0.00574. The van der Waals surface area contributed by atoms with Crippen molar-refractivity contribution in [2.75, 3.05) is 0 Å². The SMILES string of the molecule is C/C=C/C(=O)[C@@H]1C[C@@H]2CC[C@H]1C(=O)C2. The summed E-state index contributed by atoms with van der Waals surface area (Å²) in [5, 5.41) is 0. The van der Waals surface area contributed by atoms with Crippen LogP contribution in [0.5, 0.6) is 0 Å². The van der Waals surface area contributed by atoms with Gasteiger partial charge in [-0.25, -0.2) is 0 Å². The first-order valence-corrected chi connectivity index (χ1v) is 5.41. The van der Waals surface area contributed by atoms with Gasteiger partial charge in [-0.2, -0.15) is 0 Å². The standard InChI is InChI=1S/C12H16O2/c1-2-3-11(13)10-6-8-4-5-9(10)12(14)7-8/h2-3,8-10H,4-7H2,1H3/b3-2+/t8-,9+,10+/m0/s1. The lowest BCUT2D eigenvalue weighted by Crippen LogP contribution is -2.41. The molecule has 0 heterocycles. The predicted octanol–water partition coefficient (Wildman–Crippen LogP) is 2.14. The van der Waals surface area contributed by atoms with Crippen LogP contribution in [-0.2, 0) is 9.59 Å². The molecule has 2 nitrogen and oxygen atoms in total. The van der Waals surface area contributed by atoms with Gasteiger partial charge in [-0.05, 0) is 38.2 Å². The molecule has 3 rings (SSSR count). The second kappa shape index (κ2) is 3.68. The summed E-state index contributed by atoms with van der Waals surface area (Å²) in [7, 11) is 0.